The van der Waals surface area contributed by atoms with E-state index in [-0.39, 0.29) is 0 Å². The van der Waals surface area contributed by atoms with Gasteiger partial charge in [0.1, 0.15) is 12.1 Å². The molecule has 0 atom stereocenters. The highest BCUT2D eigenvalue weighted by atomic mass is 16.5. The third-order valence-corrected chi connectivity index (χ3v) is 2.94. The second-order valence-electron chi connectivity index (χ2n) is 5.19. The summed E-state index contributed by atoms with van der Waals surface area (Å²) in [4.78, 5) is 10.8. The molecular formula is C15H28N4O. The fraction of sp³-hybridized carbons (Fsp3) is 0.733. The summed E-state index contributed by atoms with van der Waals surface area (Å²) in [5.41, 5.74) is 1.10. The molecule has 0 radical (unpaired) electrons. The quantitative estimate of drug-likeness (QED) is 0.668. The van der Waals surface area contributed by atoms with Crippen molar-refractivity contribution < 1.29 is 4.74 Å². The van der Waals surface area contributed by atoms with E-state index in [9.17, 15) is 0 Å². The van der Waals surface area contributed by atoms with Crippen molar-refractivity contribution in [1.82, 2.24) is 14.9 Å². The van der Waals surface area contributed by atoms with Gasteiger partial charge >= 0.3 is 0 Å². The number of ether oxygens (including phenoxy) is 1. The molecule has 0 bridgehead atoms. The second-order valence-corrected chi connectivity index (χ2v) is 5.19. The fourth-order valence-corrected chi connectivity index (χ4v) is 1.94. The lowest BCUT2D eigenvalue weighted by Crippen LogP contribution is -2.16. The smallest absolute Gasteiger partial charge is 0.221 e. The zero-order valence-corrected chi connectivity index (χ0v) is 13.3. The highest BCUT2D eigenvalue weighted by Gasteiger charge is 2.11. The van der Waals surface area contributed by atoms with Crippen molar-refractivity contribution in [3.63, 3.8) is 0 Å². The summed E-state index contributed by atoms with van der Waals surface area (Å²) in [5, 5.41) is 3.36. The van der Waals surface area contributed by atoms with Gasteiger partial charge in [-0.05, 0) is 33.4 Å². The van der Waals surface area contributed by atoms with Gasteiger partial charge < -0.3 is 15.0 Å². The van der Waals surface area contributed by atoms with Crippen LogP contribution in [-0.4, -0.2) is 48.7 Å². The second kappa shape index (κ2) is 9.53. The molecule has 1 heterocycles. The molecule has 0 fully saturated rings. The fourth-order valence-electron chi connectivity index (χ4n) is 1.94. The molecule has 0 aliphatic carbocycles. The monoisotopic (exact) mass is 280 g/mol. The molecule has 1 aromatic heterocycles. The van der Waals surface area contributed by atoms with E-state index in [2.05, 4.69) is 48.1 Å². The molecule has 20 heavy (non-hydrogen) atoms. The Kier molecular flexibility index (Phi) is 7.95. The molecule has 1 rings (SSSR count). The first kappa shape index (κ1) is 16.7. The third kappa shape index (κ3) is 5.74. The van der Waals surface area contributed by atoms with E-state index in [1.165, 1.54) is 0 Å². The molecule has 0 aliphatic rings. The highest BCUT2D eigenvalue weighted by Crippen LogP contribution is 2.23. The van der Waals surface area contributed by atoms with Crippen molar-refractivity contribution in [2.24, 2.45) is 0 Å². The Labute approximate surface area is 122 Å². The van der Waals surface area contributed by atoms with Gasteiger partial charge in [-0.25, -0.2) is 9.97 Å². The molecule has 0 amide bonds. The van der Waals surface area contributed by atoms with Gasteiger partial charge in [0.2, 0.25) is 5.88 Å². The number of hydrogen-bond acceptors (Lipinski definition) is 5. The number of rotatable bonds is 10. The molecular weight excluding hydrogens is 252 g/mol. The average Bonchev–Trinajstić information content (AvgIpc) is 2.43. The molecule has 5 nitrogen and oxygen atoms in total. The average molecular weight is 280 g/mol. The molecule has 5 heteroatoms. The predicted molar refractivity (Wildman–Crippen MR) is 83.5 cm³/mol. The minimum absolute atomic E-state index is 0.694. The normalized spacial score (nSPS) is 10.8. The molecule has 0 saturated carbocycles. The highest BCUT2D eigenvalue weighted by molar-refractivity contribution is 5.48. The number of nitrogens with one attached hydrogen (secondary N) is 1. The van der Waals surface area contributed by atoms with Crippen LogP contribution in [0.15, 0.2) is 6.33 Å². The zero-order chi connectivity index (χ0) is 14.8. The summed E-state index contributed by atoms with van der Waals surface area (Å²) < 4.78 is 5.84. The Morgan fingerprint density at radius 2 is 2.00 bits per heavy atom. The van der Waals surface area contributed by atoms with Crippen LogP contribution in [0, 0.1) is 0 Å². The number of nitrogens with zero attached hydrogens (tertiary/aromatic N) is 3. The molecule has 1 aromatic rings. The van der Waals surface area contributed by atoms with Gasteiger partial charge in [-0.15, -0.1) is 0 Å². The largest absolute Gasteiger partial charge is 0.477 e. The van der Waals surface area contributed by atoms with Crippen LogP contribution in [0.3, 0.4) is 0 Å². The van der Waals surface area contributed by atoms with E-state index in [1.807, 2.05) is 0 Å². The van der Waals surface area contributed by atoms with Crippen molar-refractivity contribution in [2.75, 3.05) is 39.1 Å². The SMILES string of the molecule is CCCNc1ncnc(OCCCN(C)C)c1CCC. The van der Waals surface area contributed by atoms with Crippen LogP contribution in [0.2, 0.25) is 0 Å². The van der Waals surface area contributed by atoms with Gasteiger partial charge in [0.15, 0.2) is 0 Å². The molecule has 114 valence electrons. The van der Waals surface area contributed by atoms with Gasteiger partial charge in [0.05, 0.1) is 12.2 Å². The third-order valence-electron chi connectivity index (χ3n) is 2.94. The van der Waals surface area contributed by atoms with Crippen molar-refractivity contribution in [1.29, 1.82) is 0 Å². The summed E-state index contributed by atoms with van der Waals surface area (Å²) in [6.45, 7) is 6.95. The molecule has 1 N–H and O–H groups in total. The van der Waals surface area contributed by atoms with Crippen molar-refractivity contribution in [3.05, 3.63) is 11.9 Å². The van der Waals surface area contributed by atoms with Gasteiger partial charge in [0, 0.05) is 13.1 Å². The molecule has 0 unspecified atom stereocenters. The summed E-state index contributed by atoms with van der Waals surface area (Å²) in [6, 6.07) is 0. The van der Waals surface area contributed by atoms with Gasteiger partial charge in [-0.2, -0.15) is 0 Å². The van der Waals surface area contributed by atoms with Crippen LogP contribution in [0.1, 0.15) is 38.7 Å². The van der Waals surface area contributed by atoms with E-state index in [1.54, 1.807) is 6.33 Å². The van der Waals surface area contributed by atoms with Crippen molar-refractivity contribution in [3.8, 4) is 5.88 Å². The Balaban J connectivity index is 2.67. The Morgan fingerprint density at radius 1 is 1.20 bits per heavy atom. The van der Waals surface area contributed by atoms with E-state index in [0.29, 0.717) is 6.61 Å². The Hall–Kier alpha value is -1.36. The molecule has 0 aromatic carbocycles. The van der Waals surface area contributed by atoms with E-state index in [0.717, 1.165) is 56.0 Å². The number of aromatic nitrogens is 2. The summed E-state index contributed by atoms with van der Waals surface area (Å²) in [6.07, 6.45) is 5.66. The minimum Gasteiger partial charge on any atom is -0.477 e. The Morgan fingerprint density at radius 3 is 2.65 bits per heavy atom. The van der Waals surface area contributed by atoms with Crippen LogP contribution < -0.4 is 10.1 Å². The van der Waals surface area contributed by atoms with Crippen LogP contribution in [0.5, 0.6) is 5.88 Å². The first-order valence-corrected chi connectivity index (χ1v) is 7.54. The topological polar surface area (TPSA) is 50.3 Å². The van der Waals surface area contributed by atoms with E-state index >= 15 is 0 Å². The van der Waals surface area contributed by atoms with Crippen molar-refractivity contribution >= 4 is 5.82 Å². The standard InChI is InChI=1S/C15H28N4O/c1-5-8-13-14(16-9-6-2)17-12-18-15(13)20-11-7-10-19(3)4/h12H,5-11H2,1-4H3,(H,16,17,18). The maximum Gasteiger partial charge on any atom is 0.221 e. The lowest BCUT2D eigenvalue weighted by atomic mass is 10.1. The van der Waals surface area contributed by atoms with Crippen LogP contribution in [-0.2, 0) is 6.42 Å². The maximum absolute atomic E-state index is 5.84. The summed E-state index contributed by atoms with van der Waals surface area (Å²) in [7, 11) is 4.14. The van der Waals surface area contributed by atoms with E-state index in [4.69, 9.17) is 4.74 Å². The first-order valence-electron chi connectivity index (χ1n) is 7.54. The summed E-state index contributed by atoms with van der Waals surface area (Å²) in [5.74, 6) is 1.66. The molecule has 0 aliphatic heterocycles. The predicted octanol–water partition coefficient (Wildman–Crippen LogP) is 2.58. The van der Waals surface area contributed by atoms with Crippen molar-refractivity contribution in [2.45, 2.75) is 39.5 Å². The minimum atomic E-state index is 0.694. The lowest BCUT2D eigenvalue weighted by molar-refractivity contribution is 0.270. The Bertz CT molecular complexity index is 382. The van der Waals surface area contributed by atoms with E-state index < -0.39 is 0 Å². The molecule has 0 saturated heterocycles. The van der Waals surface area contributed by atoms with Gasteiger partial charge in [-0.3, -0.25) is 0 Å². The maximum atomic E-state index is 5.84. The first-order chi connectivity index (χ1) is 9.69. The van der Waals surface area contributed by atoms with Gasteiger partial charge in [-0.1, -0.05) is 20.3 Å². The summed E-state index contributed by atoms with van der Waals surface area (Å²) >= 11 is 0. The zero-order valence-electron chi connectivity index (χ0n) is 13.3. The molecule has 0 spiro atoms. The van der Waals surface area contributed by atoms with Crippen LogP contribution >= 0.6 is 0 Å². The number of hydrogen-bond donors (Lipinski definition) is 1. The van der Waals surface area contributed by atoms with Crippen LogP contribution in [0.25, 0.3) is 0 Å². The van der Waals surface area contributed by atoms with Crippen LogP contribution in [0.4, 0.5) is 5.82 Å². The lowest BCUT2D eigenvalue weighted by Gasteiger charge is -2.15. The number of anilines is 1. The van der Waals surface area contributed by atoms with Gasteiger partial charge in [0.25, 0.3) is 0 Å².